The minimum Gasteiger partial charge on any atom is -0.494 e. The molecular formula is C34H46N4O6. The summed E-state index contributed by atoms with van der Waals surface area (Å²) in [5.41, 5.74) is 1.61. The molecule has 0 radical (unpaired) electrons. The van der Waals surface area contributed by atoms with Gasteiger partial charge in [0.2, 0.25) is 11.8 Å². The van der Waals surface area contributed by atoms with Crippen molar-refractivity contribution < 1.29 is 28.6 Å². The molecule has 1 aromatic heterocycles. The molecule has 2 amide bonds. The van der Waals surface area contributed by atoms with E-state index in [1.54, 1.807) is 4.90 Å². The number of aromatic nitrogens is 2. The number of amides is 2. The molecule has 0 spiro atoms. The third kappa shape index (κ3) is 6.09. The van der Waals surface area contributed by atoms with Crippen LogP contribution in [0.2, 0.25) is 0 Å². The van der Waals surface area contributed by atoms with Crippen LogP contribution in [0.3, 0.4) is 0 Å². The number of hydrogen-bond acceptors (Lipinski definition) is 8. The summed E-state index contributed by atoms with van der Waals surface area (Å²) >= 11 is 0. The van der Waals surface area contributed by atoms with Gasteiger partial charge < -0.3 is 29.2 Å². The maximum atomic E-state index is 14.1. The first-order chi connectivity index (χ1) is 21.1. The molecule has 1 aromatic carbocycles. The van der Waals surface area contributed by atoms with Gasteiger partial charge in [-0.05, 0) is 74.3 Å². The van der Waals surface area contributed by atoms with Crippen LogP contribution in [0.5, 0.6) is 11.6 Å². The summed E-state index contributed by atoms with van der Waals surface area (Å²) in [7, 11) is 0. The molecule has 4 aliphatic rings. The van der Waals surface area contributed by atoms with E-state index in [0.29, 0.717) is 47.9 Å². The number of ether oxygens (including phenoxy) is 3. The maximum Gasteiger partial charge on any atom is 0.408 e. The van der Waals surface area contributed by atoms with Crippen molar-refractivity contribution in [3.8, 4) is 11.6 Å². The van der Waals surface area contributed by atoms with Gasteiger partial charge in [-0.3, -0.25) is 4.79 Å². The van der Waals surface area contributed by atoms with E-state index in [9.17, 15) is 14.4 Å². The summed E-state index contributed by atoms with van der Waals surface area (Å²) in [6.07, 6.45) is 6.48. The molecule has 3 fully saturated rings. The van der Waals surface area contributed by atoms with Gasteiger partial charge >= 0.3 is 6.09 Å². The Labute approximate surface area is 259 Å². The number of hydrogen-bond donors (Lipinski definition) is 1. The Kier molecular flexibility index (Phi) is 8.46. The van der Waals surface area contributed by atoms with Gasteiger partial charge in [-0.2, -0.15) is 0 Å². The summed E-state index contributed by atoms with van der Waals surface area (Å²) in [5.74, 6) is 2.16. The molecule has 2 unspecified atom stereocenters. The highest BCUT2D eigenvalue weighted by atomic mass is 16.6. The Hall–Kier alpha value is -3.43. The van der Waals surface area contributed by atoms with E-state index >= 15 is 0 Å². The van der Waals surface area contributed by atoms with Gasteiger partial charge in [0.1, 0.15) is 36.0 Å². The van der Waals surface area contributed by atoms with Crippen LogP contribution in [0.1, 0.15) is 78.8 Å². The monoisotopic (exact) mass is 606 g/mol. The Morgan fingerprint density at radius 3 is 2.61 bits per heavy atom. The fourth-order valence-corrected chi connectivity index (χ4v) is 7.58. The van der Waals surface area contributed by atoms with Crippen molar-refractivity contribution in [2.75, 3.05) is 13.2 Å². The van der Waals surface area contributed by atoms with Gasteiger partial charge in [-0.1, -0.05) is 40.5 Å². The highest BCUT2D eigenvalue weighted by Crippen LogP contribution is 2.57. The van der Waals surface area contributed by atoms with E-state index in [1.807, 2.05) is 52.8 Å². The number of nitrogens with zero attached hydrogens (tertiary/aromatic N) is 3. The highest BCUT2D eigenvalue weighted by Gasteiger charge is 2.54. The van der Waals surface area contributed by atoms with Crippen molar-refractivity contribution in [2.45, 2.75) is 104 Å². The molecular weight excluding hydrogens is 560 g/mol. The zero-order valence-electron chi connectivity index (χ0n) is 26.6. The molecule has 8 atom stereocenters. The van der Waals surface area contributed by atoms with E-state index < -0.39 is 29.7 Å². The summed E-state index contributed by atoms with van der Waals surface area (Å²) in [6.45, 7) is 10.3. The highest BCUT2D eigenvalue weighted by molar-refractivity contribution is 5.89. The number of carbonyl (C=O) groups is 3. The largest absolute Gasteiger partial charge is 0.494 e. The van der Waals surface area contributed by atoms with Crippen LogP contribution in [-0.2, 0) is 20.7 Å². The Bertz CT molecular complexity index is 1410. The van der Waals surface area contributed by atoms with Crippen molar-refractivity contribution in [3.05, 3.63) is 23.9 Å². The lowest BCUT2D eigenvalue weighted by atomic mass is 9.85. The van der Waals surface area contributed by atoms with Crippen molar-refractivity contribution in [2.24, 2.45) is 29.1 Å². The lowest BCUT2D eigenvalue weighted by molar-refractivity contribution is -0.139. The number of carbonyl (C=O) groups excluding carboxylic acids is 3. The molecule has 10 nitrogen and oxygen atoms in total. The lowest BCUT2D eigenvalue weighted by Crippen LogP contribution is -2.56. The predicted octanol–water partition coefficient (Wildman–Crippen LogP) is 5.10. The topological polar surface area (TPSA) is 120 Å². The molecule has 1 N–H and O–H groups in total. The van der Waals surface area contributed by atoms with E-state index in [0.717, 1.165) is 49.6 Å². The van der Waals surface area contributed by atoms with E-state index in [-0.39, 0.29) is 24.5 Å². The second-order valence-electron chi connectivity index (χ2n) is 14.2. The van der Waals surface area contributed by atoms with Crippen LogP contribution in [0.25, 0.3) is 11.0 Å². The molecule has 2 bridgehead atoms. The van der Waals surface area contributed by atoms with Crippen LogP contribution in [0.15, 0.2) is 18.2 Å². The summed E-state index contributed by atoms with van der Waals surface area (Å²) in [5, 5.41) is 2.90. The smallest absolute Gasteiger partial charge is 0.408 e. The lowest BCUT2D eigenvalue weighted by Gasteiger charge is -2.35. The minimum atomic E-state index is -0.871. The first-order valence-electron chi connectivity index (χ1n) is 16.4. The van der Waals surface area contributed by atoms with Crippen LogP contribution in [0, 0.1) is 29.1 Å². The average Bonchev–Trinajstić information content (AvgIpc) is 3.55. The number of benzene rings is 1. The summed E-state index contributed by atoms with van der Waals surface area (Å²) < 4.78 is 18.3. The zero-order valence-corrected chi connectivity index (χ0v) is 26.6. The standard InChI is InChI=1S/C34H46N4O6/c1-6-42-21-12-13-24-26(16-21)36-31-25(35-24)11-9-7-8-10-22-23-14-20(23)15-28(22)44-33(41)37-30(34(3,4)5)32(40)38-17-29(43-31)19(2)27(38)18-39/h12-13,16,18-20,22-23,27-30H,6-11,14-15,17H2,1-5H3,(H,37,41)/t19-,20?,22+,23?,27+,28+,29-,30+/m0/s1. The van der Waals surface area contributed by atoms with Crippen LogP contribution in [-0.4, -0.2) is 70.6 Å². The fraction of sp³-hybridized carbons (Fsp3) is 0.676. The number of aldehydes is 1. The van der Waals surface area contributed by atoms with Gasteiger partial charge in [-0.25, -0.2) is 14.8 Å². The number of alkyl carbamates (subject to hydrolysis) is 1. The molecule has 2 aromatic rings. The second kappa shape index (κ2) is 12.2. The second-order valence-corrected chi connectivity index (χ2v) is 14.2. The SMILES string of the molecule is CCOc1ccc2nc3c(nc2c1)O[C@H]1CN(C(=O)[C@H](C(C)(C)C)NC(=O)O[C@@H]2CC4CC4[C@H]2CCCCC3)[C@H](C=O)[C@@H]1C. The molecule has 10 heteroatoms. The third-order valence-electron chi connectivity index (χ3n) is 10.2. The Balaban J connectivity index is 1.34. The van der Waals surface area contributed by atoms with Crippen molar-refractivity contribution in [1.82, 2.24) is 20.2 Å². The third-order valence-corrected chi connectivity index (χ3v) is 10.2. The van der Waals surface area contributed by atoms with Gasteiger partial charge in [0.05, 0.1) is 30.2 Å². The molecule has 238 valence electrons. The van der Waals surface area contributed by atoms with Gasteiger partial charge in [0.15, 0.2) is 0 Å². The van der Waals surface area contributed by atoms with E-state index in [4.69, 9.17) is 24.2 Å². The molecule has 6 rings (SSSR count). The van der Waals surface area contributed by atoms with Gasteiger partial charge in [0.25, 0.3) is 0 Å². The minimum absolute atomic E-state index is 0.125. The van der Waals surface area contributed by atoms with Crippen molar-refractivity contribution >= 4 is 29.3 Å². The molecule has 2 saturated carbocycles. The maximum absolute atomic E-state index is 14.1. The summed E-state index contributed by atoms with van der Waals surface area (Å²) in [4.78, 5) is 51.2. The van der Waals surface area contributed by atoms with Crippen molar-refractivity contribution in [3.63, 3.8) is 0 Å². The average molecular weight is 607 g/mol. The van der Waals surface area contributed by atoms with E-state index in [2.05, 4.69) is 5.32 Å². The zero-order chi connectivity index (χ0) is 31.2. The number of nitrogens with one attached hydrogen (secondary N) is 1. The first-order valence-corrected chi connectivity index (χ1v) is 16.4. The van der Waals surface area contributed by atoms with Gasteiger partial charge in [-0.15, -0.1) is 0 Å². The van der Waals surface area contributed by atoms with Gasteiger partial charge in [0, 0.05) is 12.0 Å². The molecule has 44 heavy (non-hydrogen) atoms. The number of rotatable bonds is 3. The van der Waals surface area contributed by atoms with E-state index in [1.165, 1.54) is 6.42 Å². The molecule has 3 heterocycles. The van der Waals surface area contributed by atoms with Crippen LogP contribution < -0.4 is 14.8 Å². The quantitative estimate of drug-likeness (QED) is 0.479. The molecule has 2 aliphatic heterocycles. The van der Waals surface area contributed by atoms with Crippen LogP contribution >= 0.6 is 0 Å². The molecule has 1 saturated heterocycles. The molecule has 2 aliphatic carbocycles. The Morgan fingerprint density at radius 1 is 1.05 bits per heavy atom. The van der Waals surface area contributed by atoms with Crippen LogP contribution in [0.4, 0.5) is 4.79 Å². The van der Waals surface area contributed by atoms with Crippen molar-refractivity contribution in [1.29, 1.82) is 0 Å². The first kappa shape index (κ1) is 30.6. The Morgan fingerprint density at radius 2 is 1.86 bits per heavy atom. The number of aryl methyl sites for hydroxylation is 1. The predicted molar refractivity (Wildman–Crippen MR) is 164 cm³/mol. The fourth-order valence-electron chi connectivity index (χ4n) is 7.58. The normalized spacial score (nSPS) is 32.7. The summed E-state index contributed by atoms with van der Waals surface area (Å²) in [6, 6.07) is 4.12. The number of fused-ring (bicyclic) bond motifs is 7.